The van der Waals surface area contributed by atoms with Crippen LogP contribution in [-0.2, 0) is 15.7 Å². The lowest BCUT2D eigenvalue weighted by atomic mass is 9.94. The lowest BCUT2D eigenvalue weighted by molar-refractivity contribution is -0.384. The second-order valence-corrected chi connectivity index (χ2v) is 9.40. The Kier molecular flexibility index (Phi) is 8.75. The predicted molar refractivity (Wildman–Crippen MR) is 122 cm³/mol. The van der Waals surface area contributed by atoms with Crippen LogP contribution < -0.4 is 10.2 Å². The second-order valence-electron chi connectivity index (χ2n) is 9.40. The van der Waals surface area contributed by atoms with Gasteiger partial charge < -0.3 is 15.0 Å². The summed E-state index contributed by atoms with van der Waals surface area (Å²) >= 11 is 0. The van der Waals surface area contributed by atoms with E-state index in [-0.39, 0.29) is 23.6 Å². The smallest absolute Gasteiger partial charge is 0.379 e. The summed E-state index contributed by atoms with van der Waals surface area (Å²) in [4.78, 5) is 27.5. The van der Waals surface area contributed by atoms with Crippen LogP contribution in [0.1, 0.15) is 38.7 Å². The third-order valence-electron chi connectivity index (χ3n) is 6.52. The van der Waals surface area contributed by atoms with Crippen LogP contribution in [-0.4, -0.2) is 67.7 Å². The van der Waals surface area contributed by atoms with Crippen molar-refractivity contribution in [3.63, 3.8) is 0 Å². The Morgan fingerprint density at radius 2 is 1.85 bits per heavy atom. The SMILES string of the molecule is CC(C)CC(CNC(=O)C1CCN(c2ccc(C(F)(F)F)cc2[N+](=O)[O-])CC1)N1CCOCC1. The molecule has 2 aliphatic heterocycles. The van der Waals surface area contributed by atoms with Gasteiger partial charge in [-0.2, -0.15) is 13.2 Å². The van der Waals surface area contributed by atoms with Gasteiger partial charge in [0.1, 0.15) is 5.69 Å². The number of morpholine rings is 1. The summed E-state index contributed by atoms with van der Waals surface area (Å²) in [5.74, 6) is 0.227. The van der Waals surface area contributed by atoms with E-state index < -0.39 is 22.4 Å². The Labute approximate surface area is 197 Å². The average Bonchev–Trinajstić information content (AvgIpc) is 2.81. The van der Waals surface area contributed by atoms with Crippen LogP contribution in [0, 0.1) is 22.0 Å². The normalized spacial score (nSPS) is 19.3. The van der Waals surface area contributed by atoms with Gasteiger partial charge in [-0.25, -0.2) is 0 Å². The first-order valence-corrected chi connectivity index (χ1v) is 11.8. The van der Waals surface area contributed by atoms with Gasteiger partial charge in [-0.05, 0) is 37.3 Å². The molecule has 190 valence electrons. The quantitative estimate of drug-likeness (QED) is 0.446. The van der Waals surface area contributed by atoms with Crippen LogP contribution in [0.25, 0.3) is 0 Å². The van der Waals surface area contributed by atoms with E-state index in [0.717, 1.165) is 31.6 Å². The van der Waals surface area contributed by atoms with E-state index in [1.54, 1.807) is 4.90 Å². The minimum atomic E-state index is -4.65. The molecular weight excluding hydrogens is 453 g/mol. The molecule has 34 heavy (non-hydrogen) atoms. The van der Waals surface area contributed by atoms with Crippen molar-refractivity contribution < 1.29 is 27.6 Å². The number of anilines is 1. The molecule has 0 radical (unpaired) electrons. The lowest BCUT2D eigenvalue weighted by Crippen LogP contribution is -2.50. The molecule has 1 unspecified atom stereocenters. The fourth-order valence-electron chi connectivity index (χ4n) is 4.71. The van der Waals surface area contributed by atoms with E-state index in [1.807, 2.05) is 0 Å². The zero-order valence-corrected chi connectivity index (χ0v) is 19.6. The van der Waals surface area contributed by atoms with Gasteiger partial charge in [-0.1, -0.05) is 13.8 Å². The number of amides is 1. The number of hydrogen-bond donors (Lipinski definition) is 1. The number of nitro groups is 1. The first-order valence-electron chi connectivity index (χ1n) is 11.8. The summed E-state index contributed by atoms with van der Waals surface area (Å²) in [5.41, 5.74) is -1.46. The number of ether oxygens (including phenoxy) is 1. The summed E-state index contributed by atoms with van der Waals surface area (Å²) in [6.07, 6.45) is -2.72. The maximum absolute atomic E-state index is 13.0. The Morgan fingerprint density at radius 3 is 2.41 bits per heavy atom. The molecule has 1 N–H and O–H groups in total. The highest BCUT2D eigenvalue weighted by atomic mass is 19.4. The molecule has 0 aliphatic carbocycles. The molecule has 1 atom stereocenters. The van der Waals surface area contributed by atoms with Crippen LogP contribution in [0.2, 0.25) is 0 Å². The van der Waals surface area contributed by atoms with Crippen molar-refractivity contribution in [2.24, 2.45) is 11.8 Å². The van der Waals surface area contributed by atoms with Crippen molar-refractivity contribution in [2.75, 3.05) is 50.8 Å². The van der Waals surface area contributed by atoms with E-state index in [2.05, 4.69) is 24.1 Å². The molecule has 2 fully saturated rings. The number of piperidine rings is 1. The number of nitrogens with one attached hydrogen (secondary N) is 1. The molecule has 2 heterocycles. The highest BCUT2D eigenvalue weighted by Crippen LogP contribution is 2.37. The molecule has 0 spiro atoms. The standard InChI is InChI=1S/C23H33F3N4O4/c1-16(2)13-19(28-9-11-34-12-10-28)15-27-22(31)17-5-7-29(8-6-17)20-4-3-18(23(24,25)26)14-21(20)30(32)33/h3-4,14,16-17,19H,5-13,15H2,1-2H3,(H,27,31). The van der Waals surface area contributed by atoms with Crippen LogP contribution in [0.4, 0.5) is 24.5 Å². The first-order chi connectivity index (χ1) is 16.1. The monoisotopic (exact) mass is 486 g/mol. The summed E-state index contributed by atoms with van der Waals surface area (Å²) in [6, 6.07) is 2.83. The third-order valence-corrected chi connectivity index (χ3v) is 6.52. The molecule has 3 rings (SSSR count). The van der Waals surface area contributed by atoms with E-state index in [4.69, 9.17) is 4.74 Å². The number of benzene rings is 1. The molecule has 1 aromatic rings. The van der Waals surface area contributed by atoms with Gasteiger partial charge in [-0.3, -0.25) is 19.8 Å². The lowest BCUT2D eigenvalue weighted by Gasteiger charge is -2.36. The van der Waals surface area contributed by atoms with Gasteiger partial charge >= 0.3 is 6.18 Å². The van der Waals surface area contributed by atoms with Crippen molar-refractivity contribution >= 4 is 17.3 Å². The Bertz CT molecular complexity index is 851. The van der Waals surface area contributed by atoms with Gasteiger partial charge in [0.2, 0.25) is 5.91 Å². The number of rotatable bonds is 8. The maximum atomic E-state index is 13.0. The molecular formula is C23H33F3N4O4. The van der Waals surface area contributed by atoms with E-state index in [9.17, 15) is 28.1 Å². The number of halogens is 3. The number of nitrogens with zero attached hydrogens (tertiary/aromatic N) is 3. The van der Waals surface area contributed by atoms with Crippen LogP contribution >= 0.6 is 0 Å². The van der Waals surface area contributed by atoms with E-state index >= 15 is 0 Å². The predicted octanol–water partition coefficient (Wildman–Crippen LogP) is 3.69. The molecule has 0 aromatic heterocycles. The van der Waals surface area contributed by atoms with E-state index in [0.29, 0.717) is 57.7 Å². The van der Waals surface area contributed by atoms with Crippen molar-refractivity contribution in [2.45, 2.75) is 45.3 Å². The van der Waals surface area contributed by atoms with Gasteiger partial charge in [0.15, 0.2) is 0 Å². The first kappa shape index (κ1) is 26.2. The summed E-state index contributed by atoms with van der Waals surface area (Å²) in [5, 5.41) is 14.5. The fraction of sp³-hybridized carbons (Fsp3) is 0.696. The molecule has 1 aromatic carbocycles. The zero-order chi connectivity index (χ0) is 24.9. The molecule has 2 saturated heterocycles. The number of carbonyl (C=O) groups is 1. The Balaban J connectivity index is 1.57. The average molecular weight is 487 g/mol. The van der Waals surface area contributed by atoms with Crippen LogP contribution in [0.3, 0.4) is 0 Å². The molecule has 0 bridgehead atoms. The number of alkyl halides is 3. The van der Waals surface area contributed by atoms with Crippen molar-refractivity contribution in [3.05, 3.63) is 33.9 Å². The van der Waals surface area contributed by atoms with Crippen molar-refractivity contribution in [3.8, 4) is 0 Å². The number of hydrogen-bond acceptors (Lipinski definition) is 6. The van der Waals surface area contributed by atoms with Crippen molar-refractivity contribution in [1.29, 1.82) is 0 Å². The van der Waals surface area contributed by atoms with Crippen molar-refractivity contribution in [1.82, 2.24) is 10.2 Å². The molecule has 11 heteroatoms. The molecule has 8 nitrogen and oxygen atoms in total. The van der Waals surface area contributed by atoms with Crippen LogP contribution in [0.15, 0.2) is 18.2 Å². The number of carbonyl (C=O) groups excluding carboxylic acids is 1. The minimum absolute atomic E-state index is 0.0383. The maximum Gasteiger partial charge on any atom is 0.416 e. The minimum Gasteiger partial charge on any atom is -0.379 e. The zero-order valence-electron chi connectivity index (χ0n) is 19.6. The van der Waals surface area contributed by atoms with Gasteiger partial charge in [0, 0.05) is 50.7 Å². The van der Waals surface area contributed by atoms with Gasteiger partial charge in [0.25, 0.3) is 5.69 Å². The second kappa shape index (κ2) is 11.4. The highest BCUT2D eigenvalue weighted by Gasteiger charge is 2.35. The van der Waals surface area contributed by atoms with Gasteiger partial charge in [0.05, 0.1) is 23.7 Å². The summed E-state index contributed by atoms with van der Waals surface area (Å²) in [7, 11) is 0. The molecule has 1 amide bonds. The van der Waals surface area contributed by atoms with E-state index in [1.165, 1.54) is 0 Å². The van der Waals surface area contributed by atoms with Crippen LogP contribution in [0.5, 0.6) is 0 Å². The van der Waals surface area contributed by atoms with Gasteiger partial charge in [-0.15, -0.1) is 0 Å². The Hall–Kier alpha value is -2.40. The summed E-state index contributed by atoms with van der Waals surface area (Å²) < 4.78 is 44.4. The topological polar surface area (TPSA) is 88.0 Å². The largest absolute Gasteiger partial charge is 0.416 e. The Morgan fingerprint density at radius 1 is 1.21 bits per heavy atom. The summed E-state index contributed by atoms with van der Waals surface area (Å²) in [6.45, 7) is 8.67. The fourth-order valence-corrected chi connectivity index (χ4v) is 4.71. The highest BCUT2D eigenvalue weighted by molar-refractivity contribution is 5.79. The molecule has 0 saturated carbocycles. The third kappa shape index (κ3) is 6.82. The molecule has 2 aliphatic rings. The number of nitro benzene ring substituents is 1.